The molecule has 114 valence electrons. The highest BCUT2D eigenvalue weighted by atomic mass is 35.5. The predicted molar refractivity (Wildman–Crippen MR) is 85.4 cm³/mol. The lowest BCUT2D eigenvalue weighted by molar-refractivity contribution is 0.184. The van der Waals surface area contributed by atoms with Crippen LogP contribution < -0.4 is 0 Å². The van der Waals surface area contributed by atoms with Gasteiger partial charge in [0.25, 0.3) is 0 Å². The van der Waals surface area contributed by atoms with E-state index < -0.39 is 0 Å². The van der Waals surface area contributed by atoms with Crippen LogP contribution in [-0.4, -0.2) is 15.4 Å². The summed E-state index contributed by atoms with van der Waals surface area (Å²) in [7, 11) is 0. The van der Waals surface area contributed by atoms with E-state index in [9.17, 15) is 4.39 Å². The lowest BCUT2D eigenvalue weighted by Crippen LogP contribution is -2.26. The van der Waals surface area contributed by atoms with E-state index >= 15 is 0 Å². The van der Waals surface area contributed by atoms with Crippen molar-refractivity contribution in [2.45, 2.75) is 52.0 Å². The van der Waals surface area contributed by atoms with Crippen LogP contribution in [0.5, 0.6) is 0 Å². The Bertz CT molecular complexity index is 648. The van der Waals surface area contributed by atoms with Crippen LogP contribution in [0.3, 0.4) is 0 Å². The molecule has 1 aliphatic carbocycles. The molecule has 0 saturated heterocycles. The molecule has 0 amide bonds. The average Bonchev–Trinajstić information content (AvgIpc) is 2.75. The van der Waals surface area contributed by atoms with E-state index in [1.54, 1.807) is 0 Å². The van der Waals surface area contributed by atoms with Crippen LogP contribution in [0.15, 0.2) is 18.2 Å². The Kier molecular flexibility index (Phi) is 3.96. The Morgan fingerprint density at radius 1 is 1.43 bits per heavy atom. The normalized spacial score (nSPS) is 21.8. The zero-order valence-corrected chi connectivity index (χ0v) is 13.5. The third kappa shape index (κ3) is 2.94. The number of halogens is 2. The molecule has 2 aromatic rings. The summed E-state index contributed by atoms with van der Waals surface area (Å²) < 4.78 is 15.8. The standard InChI is InChI=1S/C17H22ClFN2/c1-17(2)8-3-4-13(11-17)21-15-6-5-12(19)10-14(15)20-16(21)7-9-18/h5-6,10,13H,3-4,7-9,11H2,1-2H3. The highest BCUT2D eigenvalue weighted by molar-refractivity contribution is 6.17. The molecular formula is C17H22ClFN2. The molecule has 0 spiro atoms. The van der Waals surface area contributed by atoms with Gasteiger partial charge in [-0.3, -0.25) is 0 Å². The number of aryl methyl sites for hydroxylation is 1. The summed E-state index contributed by atoms with van der Waals surface area (Å²) in [6.45, 7) is 4.67. The van der Waals surface area contributed by atoms with Crippen molar-refractivity contribution in [2.75, 3.05) is 5.88 Å². The first-order valence-corrected chi connectivity index (χ1v) is 8.26. The molecule has 1 fully saturated rings. The van der Waals surface area contributed by atoms with Crippen molar-refractivity contribution >= 4 is 22.6 Å². The molecule has 1 aromatic carbocycles. The van der Waals surface area contributed by atoms with Gasteiger partial charge in [-0.25, -0.2) is 9.37 Å². The Hall–Kier alpha value is -1.09. The number of fused-ring (bicyclic) bond motifs is 1. The SMILES string of the molecule is CC1(C)CCCC(n2c(CCCl)nc3cc(F)ccc32)C1. The Balaban J connectivity index is 2.08. The summed E-state index contributed by atoms with van der Waals surface area (Å²) in [6.07, 6.45) is 5.55. The topological polar surface area (TPSA) is 17.8 Å². The first kappa shape index (κ1) is 14.8. The van der Waals surface area contributed by atoms with Gasteiger partial charge in [0.2, 0.25) is 0 Å². The second-order valence-corrected chi connectivity index (χ2v) is 7.26. The summed E-state index contributed by atoms with van der Waals surface area (Å²) >= 11 is 5.93. The third-order valence-corrected chi connectivity index (χ3v) is 4.78. The Morgan fingerprint density at radius 3 is 2.95 bits per heavy atom. The molecule has 4 heteroatoms. The van der Waals surface area contributed by atoms with Gasteiger partial charge >= 0.3 is 0 Å². The van der Waals surface area contributed by atoms with Crippen molar-refractivity contribution in [2.24, 2.45) is 5.41 Å². The molecule has 0 aliphatic heterocycles. The van der Waals surface area contributed by atoms with Crippen LogP contribution in [0.25, 0.3) is 11.0 Å². The monoisotopic (exact) mass is 308 g/mol. The molecule has 1 atom stereocenters. The van der Waals surface area contributed by atoms with Gasteiger partial charge in [0.15, 0.2) is 0 Å². The average molecular weight is 309 g/mol. The van der Waals surface area contributed by atoms with Crippen LogP contribution in [0.4, 0.5) is 4.39 Å². The number of benzene rings is 1. The zero-order valence-electron chi connectivity index (χ0n) is 12.7. The van der Waals surface area contributed by atoms with Crippen LogP contribution in [0.1, 0.15) is 51.4 Å². The largest absolute Gasteiger partial charge is 0.325 e. The third-order valence-electron chi connectivity index (χ3n) is 4.59. The summed E-state index contributed by atoms with van der Waals surface area (Å²) in [5, 5.41) is 0. The van der Waals surface area contributed by atoms with Crippen molar-refractivity contribution < 1.29 is 4.39 Å². The maximum absolute atomic E-state index is 13.5. The van der Waals surface area contributed by atoms with Crippen LogP contribution >= 0.6 is 11.6 Å². The summed E-state index contributed by atoms with van der Waals surface area (Å²) in [6, 6.07) is 5.36. The van der Waals surface area contributed by atoms with E-state index in [1.165, 1.54) is 31.4 Å². The van der Waals surface area contributed by atoms with Crippen LogP contribution in [0, 0.1) is 11.2 Å². The minimum Gasteiger partial charge on any atom is -0.325 e. The fraction of sp³-hybridized carbons (Fsp3) is 0.588. The molecular weight excluding hydrogens is 287 g/mol. The van der Waals surface area contributed by atoms with Crippen molar-refractivity contribution in [3.8, 4) is 0 Å². The van der Waals surface area contributed by atoms with E-state index in [2.05, 4.69) is 23.4 Å². The van der Waals surface area contributed by atoms with Crippen LogP contribution in [-0.2, 0) is 6.42 Å². The maximum Gasteiger partial charge on any atom is 0.125 e. The lowest BCUT2D eigenvalue weighted by Gasteiger charge is -2.36. The molecule has 1 heterocycles. The Morgan fingerprint density at radius 2 is 2.24 bits per heavy atom. The Labute approximate surface area is 130 Å². The van der Waals surface area contributed by atoms with Crippen molar-refractivity contribution in [3.63, 3.8) is 0 Å². The molecule has 1 unspecified atom stereocenters. The molecule has 1 saturated carbocycles. The zero-order chi connectivity index (χ0) is 15.0. The van der Waals surface area contributed by atoms with Gasteiger partial charge in [0.05, 0.1) is 11.0 Å². The molecule has 0 radical (unpaired) electrons. The van der Waals surface area contributed by atoms with E-state index in [0.29, 0.717) is 17.3 Å². The van der Waals surface area contributed by atoms with E-state index in [-0.39, 0.29) is 5.82 Å². The number of imidazole rings is 1. The first-order chi connectivity index (χ1) is 10.00. The molecule has 21 heavy (non-hydrogen) atoms. The molecule has 1 aliphatic rings. The molecule has 3 rings (SSSR count). The van der Waals surface area contributed by atoms with Gasteiger partial charge in [0, 0.05) is 24.4 Å². The second kappa shape index (κ2) is 5.60. The van der Waals surface area contributed by atoms with E-state index in [1.807, 2.05) is 6.07 Å². The molecule has 0 N–H and O–H groups in total. The summed E-state index contributed by atoms with van der Waals surface area (Å²) in [4.78, 5) is 4.62. The fourth-order valence-corrected chi connectivity index (χ4v) is 3.84. The van der Waals surface area contributed by atoms with Crippen molar-refractivity contribution in [3.05, 3.63) is 29.8 Å². The van der Waals surface area contributed by atoms with E-state index in [4.69, 9.17) is 11.6 Å². The molecule has 1 aromatic heterocycles. The van der Waals surface area contributed by atoms with Gasteiger partial charge in [0.1, 0.15) is 11.6 Å². The van der Waals surface area contributed by atoms with Gasteiger partial charge in [-0.2, -0.15) is 0 Å². The van der Waals surface area contributed by atoms with E-state index in [0.717, 1.165) is 29.7 Å². The summed E-state index contributed by atoms with van der Waals surface area (Å²) in [5.41, 5.74) is 2.15. The molecule has 0 bridgehead atoms. The number of nitrogens with zero attached hydrogens (tertiary/aromatic N) is 2. The van der Waals surface area contributed by atoms with Gasteiger partial charge in [-0.15, -0.1) is 11.6 Å². The number of hydrogen-bond acceptors (Lipinski definition) is 1. The maximum atomic E-state index is 13.5. The minimum absolute atomic E-state index is 0.228. The van der Waals surface area contributed by atoms with Crippen molar-refractivity contribution in [1.82, 2.24) is 9.55 Å². The smallest absolute Gasteiger partial charge is 0.125 e. The van der Waals surface area contributed by atoms with Crippen molar-refractivity contribution in [1.29, 1.82) is 0 Å². The number of hydrogen-bond donors (Lipinski definition) is 0. The number of alkyl halides is 1. The minimum atomic E-state index is -0.228. The number of rotatable bonds is 3. The highest BCUT2D eigenvalue weighted by Crippen LogP contribution is 2.42. The highest BCUT2D eigenvalue weighted by Gasteiger charge is 2.30. The quantitative estimate of drug-likeness (QED) is 0.721. The second-order valence-electron chi connectivity index (χ2n) is 6.88. The summed E-state index contributed by atoms with van der Waals surface area (Å²) in [5.74, 6) is 1.31. The predicted octanol–water partition coefficient (Wildman–Crippen LogP) is 5.10. The van der Waals surface area contributed by atoms with Gasteiger partial charge < -0.3 is 4.57 Å². The molecule has 2 nitrogen and oxygen atoms in total. The van der Waals surface area contributed by atoms with Crippen LogP contribution in [0.2, 0.25) is 0 Å². The van der Waals surface area contributed by atoms with Gasteiger partial charge in [-0.05, 0) is 36.8 Å². The fourth-order valence-electron chi connectivity index (χ4n) is 3.67. The lowest BCUT2D eigenvalue weighted by atomic mass is 9.75. The first-order valence-electron chi connectivity index (χ1n) is 7.72. The van der Waals surface area contributed by atoms with Gasteiger partial charge in [-0.1, -0.05) is 20.3 Å². The number of aromatic nitrogens is 2.